The van der Waals surface area contributed by atoms with Crippen LogP contribution in [0.25, 0.3) is 0 Å². The number of rotatable bonds is 10. The molecule has 0 aliphatic carbocycles. The molecule has 4 aromatic heterocycles. The Morgan fingerprint density at radius 1 is 0.431 bits per heavy atom. The third kappa shape index (κ3) is 7.98. The van der Waals surface area contributed by atoms with Crippen molar-refractivity contribution >= 4 is 23.9 Å². The van der Waals surface area contributed by atoms with Crippen LogP contribution in [0.4, 0.5) is 0 Å². The molecule has 2 aromatic carbocycles. The van der Waals surface area contributed by atoms with E-state index in [1.165, 1.54) is 61.7 Å². The summed E-state index contributed by atoms with van der Waals surface area (Å²) in [5.41, 5.74) is 1.16. The number of ether oxygens (including phenoxy) is 4. The number of pyridine rings is 4. The van der Waals surface area contributed by atoms with Crippen molar-refractivity contribution in [3.8, 4) is 23.0 Å². The summed E-state index contributed by atoms with van der Waals surface area (Å²) < 4.78 is 22.8. The Morgan fingerprint density at radius 3 is 1.00 bits per heavy atom. The second-order valence-corrected chi connectivity index (χ2v) is 11.5. The van der Waals surface area contributed by atoms with Gasteiger partial charge in [-0.2, -0.15) is 0 Å². The van der Waals surface area contributed by atoms with Crippen LogP contribution in [0.3, 0.4) is 0 Å². The second-order valence-electron chi connectivity index (χ2n) is 11.5. The molecule has 0 atom stereocenters. The van der Waals surface area contributed by atoms with Gasteiger partial charge in [-0.25, -0.2) is 19.2 Å². The van der Waals surface area contributed by atoms with Crippen molar-refractivity contribution in [3.05, 3.63) is 168 Å². The first-order valence-corrected chi connectivity index (χ1v) is 15.5. The first kappa shape index (κ1) is 33.8. The topological polar surface area (TPSA) is 157 Å². The summed E-state index contributed by atoms with van der Waals surface area (Å²) in [5.74, 6) is -2.93. The van der Waals surface area contributed by atoms with Crippen LogP contribution in [-0.4, -0.2) is 43.8 Å². The Labute approximate surface area is 291 Å². The number of nitrogens with zero attached hydrogens (tertiary/aromatic N) is 4. The molecule has 0 amide bonds. The highest BCUT2D eigenvalue weighted by Gasteiger charge is 2.29. The van der Waals surface area contributed by atoms with Gasteiger partial charge in [-0.3, -0.25) is 19.9 Å². The maximum atomic E-state index is 13.1. The van der Waals surface area contributed by atoms with Crippen LogP contribution in [0.15, 0.2) is 135 Å². The Bertz CT molecular complexity index is 2040. The van der Waals surface area contributed by atoms with Crippen LogP contribution in [-0.2, 0) is 5.41 Å². The van der Waals surface area contributed by atoms with Gasteiger partial charge in [-0.15, -0.1) is 0 Å². The van der Waals surface area contributed by atoms with Crippen LogP contribution < -0.4 is 18.9 Å². The lowest BCUT2D eigenvalue weighted by Crippen LogP contribution is -2.21. The first-order chi connectivity index (χ1) is 24.7. The largest absolute Gasteiger partial charge is 0.419 e. The fourth-order valence-electron chi connectivity index (χ4n) is 4.86. The molecular weight excluding hydrogens is 652 g/mol. The van der Waals surface area contributed by atoms with E-state index in [1.54, 1.807) is 72.8 Å². The molecule has 51 heavy (non-hydrogen) atoms. The van der Waals surface area contributed by atoms with E-state index in [2.05, 4.69) is 19.9 Å². The lowest BCUT2D eigenvalue weighted by atomic mass is 9.78. The Hall–Kier alpha value is -7.08. The van der Waals surface area contributed by atoms with Gasteiger partial charge in [-0.1, -0.05) is 26.0 Å². The minimum Gasteiger partial charge on any atom is -0.419 e. The van der Waals surface area contributed by atoms with Crippen LogP contribution >= 0.6 is 0 Å². The van der Waals surface area contributed by atoms with E-state index in [4.69, 9.17) is 18.9 Å². The molecule has 0 aliphatic rings. The minimum atomic E-state index is -0.858. The molecule has 12 nitrogen and oxygen atoms in total. The standard InChI is InChI=1S/C39H28N4O8/c1-39(2,29-11-13-31(48-35(44)25-7-3-15-40-21-25)33(19-29)50-37(46)27-9-5-17-42-23-27)30-12-14-32(49-36(45)26-8-4-16-41-22-26)34(20-30)51-38(47)28-10-6-18-43-24-28/h3-24H,1-2H3. The summed E-state index contributed by atoms with van der Waals surface area (Å²) in [6.45, 7) is 3.78. The van der Waals surface area contributed by atoms with Gasteiger partial charge in [0.05, 0.1) is 22.3 Å². The number of hydrogen-bond donors (Lipinski definition) is 0. The highest BCUT2D eigenvalue weighted by Crippen LogP contribution is 2.41. The number of hydrogen-bond acceptors (Lipinski definition) is 12. The lowest BCUT2D eigenvalue weighted by Gasteiger charge is -2.28. The summed E-state index contributed by atoms with van der Waals surface area (Å²) in [4.78, 5) is 68.1. The van der Waals surface area contributed by atoms with Crippen molar-refractivity contribution in [3.63, 3.8) is 0 Å². The van der Waals surface area contributed by atoms with Gasteiger partial charge in [0.25, 0.3) is 0 Å². The van der Waals surface area contributed by atoms with E-state index >= 15 is 0 Å². The molecule has 4 heterocycles. The zero-order valence-corrected chi connectivity index (χ0v) is 27.3. The smallest absolute Gasteiger partial charge is 0.345 e. The zero-order valence-electron chi connectivity index (χ0n) is 27.3. The molecule has 6 aromatic rings. The molecule has 0 saturated heterocycles. The summed E-state index contributed by atoms with van der Waals surface area (Å²) in [7, 11) is 0. The first-order valence-electron chi connectivity index (χ1n) is 15.5. The summed E-state index contributed by atoms with van der Waals surface area (Å²) in [6.07, 6.45) is 11.5. The summed E-state index contributed by atoms with van der Waals surface area (Å²) in [5, 5.41) is 0. The monoisotopic (exact) mass is 680 g/mol. The Kier molecular flexibility index (Phi) is 9.94. The van der Waals surface area contributed by atoms with E-state index < -0.39 is 29.3 Å². The van der Waals surface area contributed by atoms with Crippen LogP contribution in [0.2, 0.25) is 0 Å². The maximum absolute atomic E-state index is 13.1. The number of aromatic nitrogens is 4. The summed E-state index contributed by atoms with van der Waals surface area (Å²) >= 11 is 0. The highest BCUT2D eigenvalue weighted by atomic mass is 16.6. The van der Waals surface area contributed by atoms with Crippen LogP contribution in [0.5, 0.6) is 23.0 Å². The van der Waals surface area contributed by atoms with E-state index in [-0.39, 0.29) is 45.3 Å². The van der Waals surface area contributed by atoms with Gasteiger partial charge in [0.1, 0.15) is 0 Å². The fourth-order valence-corrected chi connectivity index (χ4v) is 4.86. The molecule has 0 radical (unpaired) electrons. The molecule has 252 valence electrons. The van der Waals surface area contributed by atoms with Gasteiger partial charge in [0.2, 0.25) is 0 Å². The average molecular weight is 681 g/mol. The van der Waals surface area contributed by atoms with Crippen molar-refractivity contribution in [2.24, 2.45) is 0 Å². The second kappa shape index (κ2) is 15.0. The third-order valence-electron chi connectivity index (χ3n) is 7.73. The zero-order chi connectivity index (χ0) is 35.8. The Balaban J connectivity index is 1.36. The third-order valence-corrected chi connectivity index (χ3v) is 7.73. The molecule has 0 bridgehead atoms. The van der Waals surface area contributed by atoms with E-state index in [0.717, 1.165) is 0 Å². The van der Waals surface area contributed by atoms with Gasteiger partial charge in [-0.05, 0) is 83.9 Å². The van der Waals surface area contributed by atoms with Crippen molar-refractivity contribution in [2.45, 2.75) is 19.3 Å². The Morgan fingerprint density at radius 2 is 0.725 bits per heavy atom. The fraction of sp³-hybridized carbons (Fsp3) is 0.0769. The predicted octanol–water partition coefficient (Wildman–Crippen LogP) is 6.47. The normalized spacial score (nSPS) is 10.9. The van der Waals surface area contributed by atoms with Gasteiger partial charge >= 0.3 is 23.9 Å². The maximum Gasteiger partial charge on any atom is 0.345 e. The molecular formula is C39H28N4O8. The predicted molar refractivity (Wildman–Crippen MR) is 182 cm³/mol. The average Bonchev–Trinajstić information content (AvgIpc) is 3.17. The molecule has 0 N–H and O–H groups in total. The minimum absolute atomic E-state index is 0.00982. The van der Waals surface area contributed by atoms with Gasteiger partial charge < -0.3 is 18.9 Å². The quantitative estimate of drug-likeness (QED) is 0.115. The highest BCUT2D eigenvalue weighted by molar-refractivity contribution is 5.94. The van der Waals surface area contributed by atoms with Crippen molar-refractivity contribution < 1.29 is 38.1 Å². The molecule has 0 fully saturated rings. The van der Waals surface area contributed by atoms with E-state index in [1.807, 2.05) is 13.8 Å². The molecule has 0 saturated carbocycles. The van der Waals surface area contributed by atoms with Crippen molar-refractivity contribution in [1.29, 1.82) is 0 Å². The van der Waals surface area contributed by atoms with Gasteiger partial charge in [0, 0.05) is 55.0 Å². The number of carbonyl (C=O) groups is 4. The molecule has 12 heteroatoms. The number of benzene rings is 2. The number of carbonyl (C=O) groups excluding carboxylic acids is 4. The summed E-state index contributed by atoms with van der Waals surface area (Å²) in [6, 6.07) is 22.2. The van der Waals surface area contributed by atoms with Crippen LogP contribution in [0, 0.1) is 0 Å². The van der Waals surface area contributed by atoms with Crippen molar-refractivity contribution in [2.75, 3.05) is 0 Å². The SMILES string of the molecule is CC(C)(c1ccc(OC(=O)c2cccnc2)c(OC(=O)c2cccnc2)c1)c1ccc(OC(=O)c2cccnc2)c(OC(=O)c2cccnc2)c1. The van der Waals surface area contributed by atoms with E-state index in [9.17, 15) is 19.2 Å². The van der Waals surface area contributed by atoms with Crippen molar-refractivity contribution in [1.82, 2.24) is 19.9 Å². The molecule has 6 rings (SSSR count). The number of esters is 4. The lowest BCUT2D eigenvalue weighted by molar-refractivity contribution is 0.0681. The molecule has 0 spiro atoms. The van der Waals surface area contributed by atoms with Crippen LogP contribution in [0.1, 0.15) is 66.4 Å². The molecule has 0 unspecified atom stereocenters. The van der Waals surface area contributed by atoms with Gasteiger partial charge in [0.15, 0.2) is 23.0 Å². The molecule has 0 aliphatic heterocycles. The van der Waals surface area contributed by atoms with E-state index in [0.29, 0.717) is 11.1 Å².